The van der Waals surface area contributed by atoms with Gasteiger partial charge in [-0.15, -0.1) is 11.3 Å². The predicted octanol–water partition coefficient (Wildman–Crippen LogP) is 3.66. The summed E-state index contributed by atoms with van der Waals surface area (Å²) in [6.07, 6.45) is 3.82. The second kappa shape index (κ2) is 10.4. The van der Waals surface area contributed by atoms with Gasteiger partial charge in [0.05, 0.1) is 36.6 Å². The maximum absolute atomic E-state index is 13.5. The molecule has 3 heterocycles. The minimum atomic E-state index is -0.574. The maximum Gasteiger partial charge on any atom is 0.338 e. The number of allylic oxidation sites excluding steroid dienone is 1. The van der Waals surface area contributed by atoms with E-state index in [1.54, 1.807) is 18.6 Å². The van der Waals surface area contributed by atoms with Gasteiger partial charge in [-0.2, -0.15) is 0 Å². The minimum absolute atomic E-state index is 0.210. The molecule has 1 aromatic carbocycles. The molecular formula is C25H26N2O5S2. The van der Waals surface area contributed by atoms with Crippen molar-refractivity contribution in [3.63, 3.8) is 0 Å². The first-order chi connectivity index (χ1) is 16.5. The highest BCUT2D eigenvalue weighted by Gasteiger charge is 2.33. The van der Waals surface area contributed by atoms with E-state index in [-0.39, 0.29) is 5.56 Å². The van der Waals surface area contributed by atoms with E-state index in [4.69, 9.17) is 14.2 Å². The number of ether oxygens (including phenoxy) is 3. The number of hydrogen-bond acceptors (Lipinski definition) is 8. The lowest BCUT2D eigenvalue weighted by Crippen LogP contribution is -2.39. The Hall–Kier alpha value is -3.17. The number of fused-ring (bicyclic) bond motifs is 1. The fraction of sp³-hybridized carbons (Fsp3) is 0.320. The van der Waals surface area contributed by atoms with Crippen molar-refractivity contribution in [3.05, 3.63) is 77.1 Å². The zero-order valence-corrected chi connectivity index (χ0v) is 21.1. The molecule has 0 aliphatic carbocycles. The molecule has 0 bridgehead atoms. The number of hydrogen-bond donors (Lipinski definition) is 0. The molecular weight excluding hydrogens is 472 g/mol. The number of benzene rings is 1. The number of aromatic nitrogens is 1. The van der Waals surface area contributed by atoms with Gasteiger partial charge in [0, 0.05) is 4.88 Å². The maximum atomic E-state index is 13.5. The molecule has 4 rings (SSSR count). The van der Waals surface area contributed by atoms with Crippen LogP contribution in [0.15, 0.2) is 56.8 Å². The second-order valence-electron chi connectivity index (χ2n) is 7.70. The summed E-state index contributed by atoms with van der Waals surface area (Å²) in [5.74, 6) is 0.792. The number of esters is 1. The van der Waals surface area contributed by atoms with Gasteiger partial charge >= 0.3 is 5.97 Å². The molecule has 1 aliphatic rings. The van der Waals surface area contributed by atoms with Gasteiger partial charge in [-0.3, -0.25) is 9.36 Å². The Morgan fingerprint density at radius 3 is 2.74 bits per heavy atom. The normalized spacial score (nSPS) is 15.6. The number of thiophene rings is 1. The van der Waals surface area contributed by atoms with Gasteiger partial charge < -0.3 is 14.2 Å². The summed E-state index contributed by atoms with van der Waals surface area (Å²) in [6.45, 7) is 4.50. The van der Waals surface area contributed by atoms with Crippen LogP contribution in [0.2, 0.25) is 0 Å². The van der Waals surface area contributed by atoms with Crippen molar-refractivity contribution in [1.29, 1.82) is 0 Å². The van der Waals surface area contributed by atoms with E-state index in [9.17, 15) is 9.59 Å². The second-order valence-corrected chi connectivity index (χ2v) is 9.69. The van der Waals surface area contributed by atoms with Crippen molar-refractivity contribution in [1.82, 2.24) is 4.57 Å². The summed E-state index contributed by atoms with van der Waals surface area (Å²) < 4.78 is 18.4. The Labute approximate surface area is 205 Å². The van der Waals surface area contributed by atoms with Crippen LogP contribution in [0, 0.1) is 0 Å². The molecule has 0 N–H and O–H groups in total. The van der Waals surface area contributed by atoms with Crippen LogP contribution >= 0.6 is 22.7 Å². The van der Waals surface area contributed by atoms with E-state index < -0.39 is 12.0 Å². The monoisotopic (exact) mass is 498 g/mol. The van der Waals surface area contributed by atoms with E-state index in [0.29, 0.717) is 38.7 Å². The Balaban J connectivity index is 1.81. The first kappa shape index (κ1) is 24.0. The average molecular weight is 499 g/mol. The van der Waals surface area contributed by atoms with Gasteiger partial charge in [-0.1, -0.05) is 36.8 Å². The molecule has 3 aromatic rings. The average Bonchev–Trinajstić information content (AvgIpc) is 3.47. The quantitative estimate of drug-likeness (QED) is 0.350. The van der Waals surface area contributed by atoms with Crippen LogP contribution in [0.1, 0.15) is 43.2 Å². The van der Waals surface area contributed by atoms with E-state index in [1.807, 2.05) is 41.8 Å². The third-order valence-corrected chi connectivity index (χ3v) is 7.39. The molecule has 1 aliphatic heterocycles. The van der Waals surface area contributed by atoms with Gasteiger partial charge in [0.2, 0.25) is 0 Å². The van der Waals surface area contributed by atoms with Crippen LogP contribution in [0.5, 0.6) is 11.5 Å². The van der Waals surface area contributed by atoms with Crippen molar-refractivity contribution in [3.8, 4) is 11.5 Å². The van der Waals surface area contributed by atoms with Crippen LogP contribution in [0.25, 0.3) is 6.08 Å². The zero-order valence-electron chi connectivity index (χ0n) is 19.5. The summed E-state index contributed by atoms with van der Waals surface area (Å²) in [5, 5.41) is 1.92. The van der Waals surface area contributed by atoms with Crippen LogP contribution < -0.4 is 24.4 Å². The predicted molar refractivity (Wildman–Crippen MR) is 133 cm³/mol. The molecule has 178 valence electrons. The first-order valence-corrected chi connectivity index (χ1v) is 12.6. The highest BCUT2D eigenvalue weighted by atomic mass is 32.1. The van der Waals surface area contributed by atoms with Gasteiger partial charge in [0.15, 0.2) is 16.3 Å². The van der Waals surface area contributed by atoms with Gasteiger partial charge in [-0.25, -0.2) is 9.79 Å². The van der Waals surface area contributed by atoms with Crippen LogP contribution in [-0.2, 0) is 9.53 Å². The molecule has 0 fully saturated rings. The van der Waals surface area contributed by atoms with E-state index in [1.165, 1.54) is 29.8 Å². The summed E-state index contributed by atoms with van der Waals surface area (Å²) >= 11 is 2.78. The van der Waals surface area contributed by atoms with Crippen molar-refractivity contribution in [2.45, 2.75) is 32.7 Å². The van der Waals surface area contributed by atoms with E-state index in [2.05, 4.69) is 11.9 Å². The molecule has 0 amide bonds. The molecule has 0 radical (unpaired) electrons. The largest absolute Gasteiger partial charge is 0.493 e. The Bertz CT molecular complexity index is 1400. The topological polar surface area (TPSA) is 79.1 Å². The highest BCUT2D eigenvalue weighted by Crippen LogP contribution is 2.33. The Morgan fingerprint density at radius 1 is 1.24 bits per heavy atom. The summed E-state index contributed by atoms with van der Waals surface area (Å²) in [7, 11) is 2.93. The lowest BCUT2D eigenvalue weighted by Gasteiger charge is -2.22. The molecule has 0 unspecified atom stereocenters. The lowest BCUT2D eigenvalue weighted by molar-refractivity contribution is -0.136. The number of nitrogens with zero attached hydrogens (tertiary/aromatic N) is 2. The molecule has 0 saturated heterocycles. The molecule has 0 saturated carbocycles. The number of carbonyl (C=O) groups excluding carboxylic acids is 1. The van der Waals surface area contributed by atoms with Gasteiger partial charge in [0.1, 0.15) is 6.04 Å². The first-order valence-electron chi connectivity index (χ1n) is 10.9. The fourth-order valence-corrected chi connectivity index (χ4v) is 5.65. The highest BCUT2D eigenvalue weighted by molar-refractivity contribution is 7.10. The number of unbranched alkanes of at least 4 members (excludes halogenated alkanes) is 1. The fourth-order valence-electron chi connectivity index (χ4n) is 3.78. The van der Waals surface area contributed by atoms with Crippen LogP contribution in [-0.4, -0.2) is 31.4 Å². The zero-order chi connectivity index (χ0) is 24.2. The van der Waals surface area contributed by atoms with E-state index in [0.717, 1.165) is 23.3 Å². The van der Waals surface area contributed by atoms with Crippen molar-refractivity contribution < 1.29 is 19.0 Å². The van der Waals surface area contributed by atoms with Crippen LogP contribution in [0.4, 0.5) is 0 Å². The van der Waals surface area contributed by atoms with Crippen LogP contribution in [0.3, 0.4) is 0 Å². The van der Waals surface area contributed by atoms with Crippen molar-refractivity contribution in [2.24, 2.45) is 4.99 Å². The smallest absolute Gasteiger partial charge is 0.338 e. The summed E-state index contributed by atoms with van der Waals surface area (Å²) in [4.78, 5) is 32.1. The molecule has 0 spiro atoms. The third kappa shape index (κ3) is 4.58. The van der Waals surface area contributed by atoms with Gasteiger partial charge in [-0.05, 0) is 48.6 Å². The Kier molecular flexibility index (Phi) is 7.33. The SMILES string of the molecule is CCCCOc1ccc(/C=c2/sc3n(c2=O)[C@H](c2cccs2)C(C(=O)OC)=C(C)N=3)cc1OC. The number of methoxy groups -OCH3 is 2. The number of carbonyl (C=O) groups is 1. The molecule has 2 aromatic heterocycles. The molecule has 1 atom stereocenters. The van der Waals surface area contributed by atoms with Gasteiger partial charge in [0.25, 0.3) is 5.56 Å². The molecule has 9 heteroatoms. The lowest BCUT2D eigenvalue weighted by atomic mass is 10.0. The van der Waals surface area contributed by atoms with Crippen molar-refractivity contribution in [2.75, 3.05) is 20.8 Å². The summed E-state index contributed by atoms with van der Waals surface area (Å²) in [6, 6.07) is 8.83. The number of rotatable bonds is 8. The minimum Gasteiger partial charge on any atom is -0.493 e. The number of thiazole rings is 1. The summed E-state index contributed by atoms with van der Waals surface area (Å²) in [5.41, 5.74) is 1.52. The standard InChI is InChI=1S/C25H26N2O5S2/c1-5-6-11-32-17-10-9-16(13-18(17)30-3)14-20-23(28)27-22(19-8-7-12-33-19)21(24(29)31-4)15(2)26-25(27)34-20/h7-10,12-14,22H,5-6,11H2,1-4H3/b20-14+/t22-/m1/s1. The van der Waals surface area contributed by atoms with E-state index >= 15 is 0 Å². The Morgan fingerprint density at radius 2 is 2.06 bits per heavy atom. The molecule has 7 nitrogen and oxygen atoms in total. The van der Waals surface area contributed by atoms with Crippen molar-refractivity contribution >= 4 is 34.7 Å². The molecule has 34 heavy (non-hydrogen) atoms. The third-order valence-electron chi connectivity index (χ3n) is 5.48.